The van der Waals surface area contributed by atoms with Gasteiger partial charge in [-0.25, -0.2) is 12.7 Å². The van der Waals surface area contributed by atoms with Crippen molar-refractivity contribution in [2.45, 2.75) is 18.7 Å². The van der Waals surface area contributed by atoms with Crippen molar-refractivity contribution in [3.8, 4) is 12.0 Å². The molecule has 0 spiro atoms. The van der Waals surface area contributed by atoms with Crippen LogP contribution < -0.4 is 0 Å². The molecule has 0 fully saturated rings. The van der Waals surface area contributed by atoms with Gasteiger partial charge in [0.1, 0.15) is 0 Å². The van der Waals surface area contributed by atoms with E-state index in [0.29, 0.717) is 0 Å². The summed E-state index contributed by atoms with van der Waals surface area (Å²) in [7, 11) is -3.67. The van der Waals surface area contributed by atoms with Gasteiger partial charge in [-0.05, 0) is 44.0 Å². The molecule has 0 N–H and O–H groups in total. The van der Waals surface area contributed by atoms with Crippen molar-refractivity contribution in [3.05, 3.63) is 77.9 Å². The lowest BCUT2D eigenvalue weighted by atomic mass is 10.2. The maximum absolute atomic E-state index is 12.7. The maximum atomic E-state index is 12.7. The Balaban J connectivity index is 2.36. The first-order chi connectivity index (χ1) is 10.9. The summed E-state index contributed by atoms with van der Waals surface area (Å²) < 4.78 is 26.5. The smallest absolute Gasteiger partial charge is 0.220 e. The normalized spacial score (nSPS) is 10.5. The lowest BCUT2D eigenvalue weighted by Gasteiger charge is -2.16. The molecular weight excluding hydrogens is 306 g/mol. The van der Waals surface area contributed by atoms with E-state index in [1.807, 2.05) is 38.1 Å². The standard InChI is InChI=1S/C19H19NO2S/c1-4-14-20(15-13-18-9-5-16(2)6-10-18)23(21,22)19-11-7-17(3)8-12-19/h4-12H,1,14H2,2-3H3. The van der Waals surface area contributed by atoms with Crippen molar-refractivity contribution >= 4 is 10.0 Å². The Hall–Kier alpha value is -2.51. The predicted octanol–water partition coefficient (Wildman–Crippen LogP) is 3.49. The molecule has 0 aliphatic carbocycles. The van der Waals surface area contributed by atoms with E-state index in [9.17, 15) is 8.42 Å². The number of nitrogens with zero attached hydrogens (tertiary/aromatic N) is 1. The molecule has 2 rings (SSSR count). The minimum atomic E-state index is -3.67. The Labute approximate surface area is 138 Å². The first-order valence-electron chi connectivity index (χ1n) is 7.22. The largest absolute Gasteiger partial charge is 0.271 e. The van der Waals surface area contributed by atoms with Crippen molar-refractivity contribution in [3.63, 3.8) is 0 Å². The van der Waals surface area contributed by atoms with Gasteiger partial charge in [0.25, 0.3) is 10.0 Å². The highest BCUT2D eigenvalue weighted by Gasteiger charge is 2.20. The molecule has 0 saturated heterocycles. The van der Waals surface area contributed by atoms with Gasteiger partial charge in [0, 0.05) is 11.6 Å². The number of hydrogen-bond donors (Lipinski definition) is 0. The van der Waals surface area contributed by atoms with Crippen LogP contribution in [0.4, 0.5) is 0 Å². The van der Waals surface area contributed by atoms with Gasteiger partial charge in [0.05, 0.1) is 11.4 Å². The van der Waals surface area contributed by atoms with Crippen LogP contribution in [-0.2, 0) is 10.0 Å². The number of hydrogen-bond acceptors (Lipinski definition) is 2. The van der Waals surface area contributed by atoms with Crippen molar-refractivity contribution in [2.24, 2.45) is 0 Å². The summed E-state index contributed by atoms with van der Waals surface area (Å²) in [5.41, 5.74) is 2.90. The third kappa shape index (κ3) is 4.24. The van der Waals surface area contributed by atoms with Crippen LogP contribution in [0.5, 0.6) is 0 Å². The minimum Gasteiger partial charge on any atom is -0.220 e. The minimum absolute atomic E-state index is 0.134. The van der Waals surface area contributed by atoms with Gasteiger partial charge in [0.2, 0.25) is 0 Å². The van der Waals surface area contributed by atoms with Crippen molar-refractivity contribution in [1.82, 2.24) is 4.31 Å². The second kappa shape index (κ2) is 7.17. The molecule has 2 aromatic carbocycles. The van der Waals surface area contributed by atoms with Gasteiger partial charge in [-0.1, -0.05) is 41.5 Å². The molecule has 0 amide bonds. The molecule has 0 unspecified atom stereocenters. The molecule has 4 heteroatoms. The molecule has 118 valence electrons. The maximum Gasteiger partial charge on any atom is 0.271 e. The summed E-state index contributed by atoms with van der Waals surface area (Å²) in [4.78, 5) is 0.225. The molecule has 0 aromatic heterocycles. The summed E-state index contributed by atoms with van der Waals surface area (Å²) in [6, 6.07) is 17.1. The molecule has 0 atom stereocenters. The third-order valence-corrected chi connectivity index (χ3v) is 4.97. The molecule has 0 bridgehead atoms. The molecule has 2 aromatic rings. The second-order valence-corrected chi connectivity index (χ2v) is 7.10. The zero-order valence-corrected chi connectivity index (χ0v) is 14.1. The lowest BCUT2D eigenvalue weighted by Crippen LogP contribution is -2.26. The third-order valence-electron chi connectivity index (χ3n) is 3.28. The van der Waals surface area contributed by atoms with Crippen LogP contribution in [-0.4, -0.2) is 19.3 Å². The van der Waals surface area contributed by atoms with E-state index < -0.39 is 10.0 Å². The molecule has 0 aliphatic rings. The highest BCUT2D eigenvalue weighted by Crippen LogP contribution is 2.16. The average Bonchev–Trinajstić information content (AvgIpc) is 2.53. The molecule has 3 nitrogen and oxygen atoms in total. The Bertz CT molecular complexity index is 839. The number of benzene rings is 2. The summed E-state index contributed by atoms with van der Waals surface area (Å²) in [5, 5.41) is 0. The van der Waals surface area contributed by atoms with Gasteiger partial charge in [-0.15, -0.1) is 6.58 Å². The van der Waals surface area contributed by atoms with E-state index in [4.69, 9.17) is 0 Å². The Morgan fingerprint density at radius 3 is 2.04 bits per heavy atom. The molecule has 0 saturated carbocycles. The topological polar surface area (TPSA) is 37.4 Å². The van der Waals surface area contributed by atoms with Crippen LogP contribution in [0.3, 0.4) is 0 Å². The Morgan fingerprint density at radius 2 is 1.52 bits per heavy atom. The zero-order valence-electron chi connectivity index (χ0n) is 13.3. The highest BCUT2D eigenvalue weighted by atomic mass is 32.2. The first kappa shape index (κ1) is 16.9. The Morgan fingerprint density at radius 1 is 1.00 bits per heavy atom. The van der Waals surface area contributed by atoms with Crippen molar-refractivity contribution < 1.29 is 8.42 Å². The van der Waals surface area contributed by atoms with Crippen LogP contribution in [0.1, 0.15) is 16.7 Å². The molecular formula is C19H19NO2S. The summed E-state index contributed by atoms with van der Waals surface area (Å²) in [6.45, 7) is 7.65. The lowest BCUT2D eigenvalue weighted by molar-refractivity contribution is 0.533. The van der Waals surface area contributed by atoms with Gasteiger partial charge in [0.15, 0.2) is 0 Å². The van der Waals surface area contributed by atoms with E-state index in [-0.39, 0.29) is 11.4 Å². The van der Waals surface area contributed by atoms with Gasteiger partial charge >= 0.3 is 0 Å². The van der Waals surface area contributed by atoms with E-state index >= 15 is 0 Å². The highest BCUT2D eigenvalue weighted by molar-refractivity contribution is 7.89. The summed E-state index contributed by atoms with van der Waals surface area (Å²) in [5.74, 6) is 2.89. The fourth-order valence-corrected chi connectivity index (χ4v) is 3.12. The van der Waals surface area contributed by atoms with E-state index in [2.05, 4.69) is 18.5 Å². The van der Waals surface area contributed by atoms with Gasteiger partial charge < -0.3 is 0 Å². The molecule has 0 aliphatic heterocycles. The fourth-order valence-electron chi connectivity index (χ4n) is 1.92. The van der Waals surface area contributed by atoms with E-state index in [1.54, 1.807) is 24.3 Å². The van der Waals surface area contributed by atoms with Crippen LogP contribution in [0, 0.1) is 25.8 Å². The first-order valence-corrected chi connectivity index (χ1v) is 8.66. The second-order valence-electron chi connectivity index (χ2n) is 5.24. The molecule has 23 heavy (non-hydrogen) atoms. The fraction of sp³-hybridized carbons (Fsp3) is 0.158. The average molecular weight is 325 g/mol. The van der Waals surface area contributed by atoms with Gasteiger partial charge in [-0.2, -0.15) is 0 Å². The van der Waals surface area contributed by atoms with Crippen molar-refractivity contribution in [1.29, 1.82) is 0 Å². The molecule has 0 radical (unpaired) electrons. The number of sulfonamides is 1. The number of aryl methyl sites for hydroxylation is 2. The van der Waals surface area contributed by atoms with Crippen LogP contribution >= 0.6 is 0 Å². The molecule has 0 heterocycles. The van der Waals surface area contributed by atoms with E-state index in [0.717, 1.165) is 21.0 Å². The SMILES string of the molecule is C=CCN(C#Cc1ccc(C)cc1)S(=O)(=O)c1ccc(C)cc1. The van der Waals surface area contributed by atoms with Crippen LogP contribution in [0.15, 0.2) is 66.1 Å². The summed E-state index contributed by atoms with van der Waals surface area (Å²) >= 11 is 0. The van der Waals surface area contributed by atoms with Gasteiger partial charge in [-0.3, -0.25) is 0 Å². The quantitative estimate of drug-likeness (QED) is 0.490. The summed E-state index contributed by atoms with van der Waals surface area (Å²) in [6.07, 6.45) is 1.52. The Kier molecular flexibility index (Phi) is 5.25. The monoisotopic (exact) mass is 325 g/mol. The zero-order chi connectivity index (χ0) is 16.9. The number of rotatable bonds is 4. The van der Waals surface area contributed by atoms with E-state index in [1.165, 1.54) is 6.08 Å². The van der Waals surface area contributed by atoms with Crippen LogP contribution in [0.25, 0.3) is 0 Å². The van der Waals surface area contributed by atoms with Crippen LogP contribution in [0.2, 0.25) is 0 Å². The predicted molar refractivity (Wildman–Crippen MR) is 93.3 cm³/mol. The van der Waals surface area contributed by atoms with Crippen molar-refractivity contribution in [2.75, 3.05) is 6.54 Å².